The van der Waals surface area contributed by atoms with Gasteiger partial charge in [0.2, 0.25) is 0 Å². The van der Waals surface area contributed by atoms with Gasteiger partial charge < -0.3 is 11.1 Å². The van der Waals surface area contributed by atoms with Crippen LogP contribution in [0.25, 0.3) is 0 Å². The minimum Gasteiger partial charge on any atom is -0.365 e. The monoisotopic (exact) mass is 205 g/mol. The van der Waals surface area contributed by atoms with Crippen LogP contribution in [0.15, 0.2) is 12.4 Å². The maximum absolute atomic E-state index is 8.55. The quantitative estimate of drug-likeness (QED) is 0.745. The van der Waals surface area contributed by atoms with E-state index in [0.717, 1.165) is 12.8 Å². The first-order chi connectivity index (χ1) is 7.30. The van der Waals surface area contributed by atoms with Crippen LogP contribution in [-0.2, 0) is 0 Å². The number of nitrogens with one attached hydrogen (secondary N) is 1. The highest BCUT2D eigenvalue weighted by Crippen LogP contribution is 2.05. The lowest BCUT2D eigenvalue weighted by Crippen LogP contribution is -2.29. The van der Waals surface area contributed by atoms with Crippen LogP contribution >= 0.6 is 0 Å². The highest BCUT2D eigenvalue weighted by molar-refractivity contribution is 5.34. The summed E-state index contributed by atoms with van der Waals surface area (Å²) in [6.45, 7) is 2.67. The van der Waals surface area contributed by atoms with E-state index < -0.39 is 0 Å². The van der Waals surface area contributed by atoms with Crippen molar-refractivity contribution >= 4 is 5.82 Å². The van der Waals surface area contributed by atoms with Crippen LogP contribution in [0.2, 0.25) is 0 Å². The number of anilines is 1. The van der Waals surface area contributed by atoms with Crippen LogP contribution < -0.4 is 11.1 Å². The summed E-state index contributed by atoms with van der Waals surface area (Å²) in [7, 11) is 0. The largest absolute Gasteiger partial charge is 0.365 e. The maximum Gasteiger partial charge on any atom is 0.158 e. The molecule has 1 aromatic heterocycles. The Bertz CT molecular complexity index is 327. The fourth-order valence-electron chi connectivity index (χ4n) is 1.27. The molecule has 0 amide bonds. The third-order valence-corrected chi connectivity index (χ3v) is 2.04. The van der Waals surface area contributed by atoms with Gasteiger partial charge in [0.25, 0.3) is 0 Å². The predicted molar refractivity (Wildman–Crippen MR) is 58.1 cm³/mol. The maximum atomic E-state index is 8.55. The number of nitrogens with two attached hydrogens (primary N) is 1. The van der Waals surface area contributed by atoms with Gasteiger partial charge in [-0.3, -0.25) is 0 Å². The molecule has 15 heavy (non-hydrogen) atoms. The molecule has 0 spiro atoms. The Morgan fingerprint density at radius 2 is 2.33 bits per heavy atom. The summed E-state index contributed by atoms with van der Waals surface area (Å²) < 4.78 is 0. The minimum atomic E-state index is 0.220. The van der Waals surface area contributed by atoms with Crippen molar-refractivity contribution in [2.24, 2.45) is 5.73 Å². The van der Waals surface area contributed by atoms with E-state index in [1.807, 2.05) is 6.07 Å². The molecule has 1 unspecified atom stereocenters. The van der Waals surface area contributed by atoms with Gasteiger partial charge in [-0.25, -0.2) is 9.97 Å². The Kier molecular flexibility index (Phi) is 4.51. The fraction of sp³-hybridized carbons (Fsp3) is 0.500. The molecule has 1 rings (SSSR count). The van der Waals surface area contributed by atoms with Gasteiger partial charge in [-0.15, -0.1) is 0 Å². The molecule has 1 atom stereocenters. The summed E-state index contributed by atoms with van der Waals surface area (Å²) in [5.74, 6) is 0.665. The normalized spacial score (nSPS) is 11.8. The first-order valence-corrected chi connectivity index (χ1v) is 4.99. The lowest BCUT2D eigenvalue weighted by atomic mass is 10.2. The van der Waals surface area contributed by atoms with E-state index in [1.165, 1.54) is 6.20 Å². The number of rotatable bonds is 5. The van der Waals surface area contributed by atoms with E-state index in [-0.39, 0.29) is 6.04 Å². The summed E-state index contributed by atoms with van der Waals surface area (Å²) >= 11 is 0. The van der Waals surface area contributed by atoms with Crippen molar-refractivity contribution in [1.29, 1.82) is 5.26 Å². The first kappa shape index (κ1) is 11.4. The van der Waals surface area contributed by atoms with Gasteiger partial charge in [0.15, 0.2) is 5.69 Å². The zero-order valence-corrected chi connectivity index (χ0v) is 8.77. The van der Waals surface area contributed by atoms with Crippen LogP contribution in [0.5, 0.6) is 0 Å². The van der Waals surface area contributed by atoms with E-state index in [0.29, 0.717) is 18.1 Å². The zero-order valence-electron chi connectivity index (χ0n) is 8.77. The molecule has 0 radical (unpaired) electrons. The molecule has 80 valence electrons. The molecular formula is C10H15N5. The second-order valence-corrected chi connectivity index (χ2v) is 3.26. The van der Waals surface area contributed by atoms with Crippen molar-refractivity contribution in [2.45, 2.75) is 25.8 Å². The molecule has 0 bridgehead atoms. The molecule has 1 aromatic rings. The Morgan fingerprint density at radius 3 is 2.80 bits per heavy atom. The Hall–Kier alpha value is -1.67. The van der Waals surface area contributed by atoms with Gasteiger partial charge in [0.05, 0.1) is 12.4 Å². The van der Waals surface area contributed by atoms with E-state index in [1.54, 1.807) is 6.20 Å². The van der Waals surface area contributed by atoms with Crippen LogP contribution in [0, 0.1) is 11.3 Å². The van der Waals surface area contributed by atoms with Crippen molar-refractivity contribution in [3.05, 3.63) is 18.1 Å². The molecule has 5 nitrogen and oxygen atoms in total. The Balaban J connectivity index is 2.59. The van der Waals surface area contributed by atoms with Gasteiger partial charge >= 0.3 is 0 Å². The van der Waals surface area contributed by atoms with E-state index in [2.05, 4.69) is 22.2 Å². The van der Waals surface area contributed by atoms with Crippen molar-refractivity contribution in [2.75, 3.05) is 11.9 Å². The molecule has 0 aliphatic rings. The summed E-state index contributed by atoms with van der Waals surface area (Å²) in [5, 5.41) is 11.7. The molecule has 5 heteroatoms. The minimum absolute atomic E-state index is 0.220. The standard InChI is InChI=1S/C10H15N5/c1-2-3-8(4-11)15-10-7-13-9(5-12)6-14-10/h6-8H,2-4,11H2,1H3,(H,14,15). The third kappa shape index (κ3) is 3.52. The Morgan fingerprint density at radius 1 is 1.53 bits per heavy atom. The zero-order chi connectivity index (χ0) is 11.1. The molecule has 3 N–H and O–H groups in total. The highest BCUT2D eigenvalue weighted by Gasteiger charge is 2.05. The molecule has 0 aliphatic heterocycles. The van der Waals surface area contributed by atoms with Crippen LogP contribution in [0.4, 0.5) is 5.82 Å². The summed E-state index contributed by atoms with van der Waals surface area (Å²) in [4.78, 5) is 7.99. The number of aromatic nitrogens is 2. The topological polar surface area (TPSA) is 87.6 Å². The summed E-state index contributed by atoms with van der Waals surface area (Å²) in [6, 6.07) is 2.14. The van der Waals surface area contributed by atoms with Crippen molar-refractivity contribution in [3.8, 4) is 6.07 Å². The molecule has 0 aliphatic carbocycles. The van der Waals surface area contributed by atoms with E-state index >= 15 is 0 Å². The molecule has 0 saturated heterocycles. The van der Waals surface area contributed by atoms with Gasteiger partial charge in [0.1, 0.15) is 11.9 Å². The SMILES string of the molecule is CCCC(CN)Nc1cnc(C#N)cn1. The van der Waals surface area contributed by atoms with Crippen molar-refractivity contribution in [1.82, 2.24) is 9.97 Å². The van der Waals surface area contributed by atoms with Crippen LogP contribution in [0.3, 0.4) is 0 Å². The van der Waals surface area contributed by atoms with Gasteiger partial charge in [0, 0.05) is 12.6 Å². The lowest BCUT2D eigenvalue weighted by Gasteiger charge is -2.15. The second kappa shape index (κ2) is 5.94. The molecule has 0 aromatic carbocycles. The number of nitrogens with zero attached hydrogens (tertiary/aromatic N) is 3. The van der Waals surface area contributed by atoms with Crippen molar-refractivity contribution in [3.63, 3.8) is 0 Å². The molecule has 0 saturated carbocycles. The Labute approximate surface area is 89.3 Å². The van der Waals surface area contributed by atoms with E-state index in [9.17, 15) is 0 Å². The smallest absolute Gasteiger partial charge is 0.158 e. The van der Waals surface area contributed by atoms with Crippen molar-refractivity contribution < 1.29 is 0 Å². The van der Waals surface area contributed by atoms with Crippen LogP contribution in [0.1, 0.15) is 25.5 Å². The predicted octanol–water partition coefficient (Wildman–Crippen LogP) is 0.888. The van der Waals surface area contributed by atoms with Crippen LogP contribution in [-0.4, -0.2) is 22.6 Å². The third-order valence-electron chi connectivity index (χ3n) is 2.04. The van der Waals surface area contributed by atoms with Gasteiger partial charge in [-0.2, -0.15) is 5.26 Å². The lowest BCUT2D eigenvalue weighted by molar-refractivity contribution is 0.645. The summed E-state index contributed by atoms with van der Waals surface area (Å²) in [6.07, 6.45) is 5.06. The average molecular weight is 205 g/mol. The highest BCUT2D eigenvalue weighted by atomic mass is 15.0. The fourth-order valence-corrected chi connectivity index (χ4v) is 1.27. The number of hydrogen-bond donors (Lipinski definition) is 2. The van der Waals surface area contributed by atoms with E-state index in [4.69, 9.17) is 11.0 Å². The number of hydrogen-bond acceptors (Lipinski definition) is 5. The average Bonchev–Trinajstić information content (AvgIpc) is 2.29. The second-order valence-electron chi connectivity index (χ2n) is 3.26. The van der Waals surface area contributed by atoms with Gasteiger partial charge in [-0.05, 0) is 6.42 Å². The molecular weight excluding hydrogens is 190 g/mol. The molecule has 1 heterocycles. The number of nitriles is 1. The molecule has 0 fully saturated rings. The first-order valence-electron chi connectivity index (χ1n) is 4.99. The van der Waals surface area contributed by atoms with Gasteiger partial charge in [-0.1, -0.05) is 13.3 Å². The summed E-state index contributed by atoms with van der Waals surface area (Å²) in [5.41, 5.74) is 5.92.